The Bertz CT molecular complexity index is 550. The predicted molar refractivity (Wildman–Crippen MR) is 71.7 cm³/mol. The standard InChI is InChI=1S/C14H16N2O4/c17-10-3-5-16(6-4-10)14(19)9-1-2-11-12(7-9)20-8-13(18)15-11/h1-2,7,10,17H,3-6,8H2,(H,15,18). The first-order valence-electron chi connectivity index (χ1n) is 6.67. The van der Waals surface area contributed by atoms with E-state index in [0.29, 0.717) is 42.9 Å². The molecule has 1 saturated heterocycles. The number of amides is 2. The van der Waals surface area contributed by atoms with Gasteiger partial charge in [0.15, 0.2) is 6.61 Å². The van der Waals surface area contributed by atoms with E-state index >= 15 is 0 Å². The number of carbonyl (C=O) groups excluding carboxylic acids is 2. The SMILES string of the molecule is O=C1COc2cc(C(=O)N3CCC(O)CC3)ccc2N1. The number of hydrogen-bond donors (Lipinski definition) is 2. The Morgan fingerprint density at radius 1 is 1.35 bits per heavy atom. The van der Waals surface area contributed by atoms with E-state index in [1.165, 1.54) is 0 Å². The summed E-state index contributed by atoms with van der Waals surface area (Å²) in [4.78, 5) is 25.3. The minimum absolute atomic E-state index is 0.0272. The average molecular weight is 276 g/mol. The summed E-state index contributed by atoms with van der Waals surface area (Å²) in [6.07, 6.45) is 0.924. The minimum Gasteiger partial charge on any atom is -0.482 e. The molecular weight excluding hydrogens is 260 g/mol. The highest BCUT2D eigenvalue weighted by atomic mass is 16.5. The van der Waals surface area contributed by atoms with Gasteiger partial charge in [0.05, 0.1) is 11.8 Å². The highest BCUT2D eigenvalue weighted by molar-refractivity contribution is 5.99. The lowest BCUT2D eigenvalue weighted by Gasteiger charge is -2.30. The highest BCUT2D eigenvalue weighted by Crippen LogP contribution is 2.29. The zero-order valence-electron chi connectivity index (χ0n) is 11.0. The molecule has 20 heavy (non-hydrogen) atoms. The van der Waals surface area contributed by atoms with Crippen LogP contribution in [0.3, 0.4) is 0 Å². The molecule has 0 saturated carbocycles. The fourth-order valence-electron chi connectivity index (χ4n) is 2.46. The van der Waals surface area contributed by atoms with E-state index in [-0.39, 0.29) is 24.5 Å². The molecule has 0 aliphatic carbocycles. The minimum atomic E-state index is -0.305. The van der Waals surface area contributed by atoms with E-state index in [1.807, 2.05) is 0 Å². The Labute approximate surface area is 116 Å². The van der Waals surface area contributed by atoms with Crippen molar-refractivity contribution in [3.63, 3.8) is 0 Å². The van der Waals surface area contributed by atoms with Gasteiger partial charge in [-0.3, -0.25) is 9.59 Å². The first kappa shape index (κ1) is 12.9. The number of carbonyl (C=O) groups is 2. The van der Waals surface area contributed by atoms with E-state index in [1.54, 1.807) is 23.1 Å². The molecule has 106 valence electrons. The van der Waals surface area contributed by atoms with Crippen molar-refractivity contribution < 1.29 is 19.4 Å². The maximum absolute atomic E-state index is 12.4. The fourth-order valence-corrected chi connectivity index (χ4v) is 2.46. The number of likely N-dealkylation sites (tertiary alicyclic amines) is 1. The van der Waals surface area contributed by atoms with Crippen LogP contribution in [0.5, 0.6) is 5.75 Å². The topological polar surface area (TPSA) is 78.9 Å². The Morgan fingerprint density at radius 3 is 2.85 bits per heavy atom. The van der Waals surface area contributed by atoms with Crippen LogP contribution < -0.4 is 10.1 Å². The number of aliphatic hydroxyl groups excluding tert-OH is 1. The number of aliphatic hydroxyl groups is 1. The zero-order chi connectivity index (χ0) is 14.1. The molecule has 0 radical (unpaired) electrons. The first-order valence-corrected chi connectivity index (χ1v) is 6.67. The molecule has 2 amide bonds. The van der Waals surface area contributed by atoms with Crippen molar-refractivity contribution in [2.24, 2.45) is 0 Å². The molecule has 0 atom stereocenters. The van der Waals surface area contributed by atoms with Gasteiger partial charge >= 0.3 is 0 Å². The van der Waals surface area contributed by atoms with Crippen molar-refractivity contribution in [3.05, 3.63) is 23.8 Å². The smallest absolute Gasteiger partial charge is 0.262 e. The summed E-state index contributed by atoms with van der Waals surface area (Å²) in [5.74, 6) is 0.259. The van der Waals surface area contributed by atoms with Gasteiger partial charge in [0.25, 0.3) is 11.8 Å². The molecule has 0 unspecified atom stereocenters. The summed E-state index contributed by atoms with van der Waals surface area (Å²) in [6, 6.07) is 5.02. The fraction of sp³-hybridized carbons (Fsp3) is 0.429. The number of piperidine rings is 1. The number of nitrogens with zero attached hydrogens (tertiary/aromatic N) is 1. The van der Waals surface area contributed by atoms with Gasteiger partial charge in [0, 0.05) is 18.7 Å². The third-order valence-electron chi connectivity index (χ3n) is 3.61. The van der Waals surface area contributed by atoms with Crippen LogP contribution in [0.2, 0.25) is 0 Å². The largest absolute Gasteiger partial charge is 0.482 e. The van der Waals surface area contributed by atoms with Crippen LogP contribution in [0.15, 0.2) is 18.2 Å². The van der Waals surface area contributed by atoms with Crippen LogP contribution in [0, 0.1) is 0 Å². The third-order valence-corrected chi connectivity index (χ3v) is 3.61. The number of fused-ring (bicyclic) bond motifs is 1. The second-order valence-electron chi connectivity index (χ2n) is 5.07. The molecule has 6 heteroatoms. The number of rotatable bonds is 1. The maximum Gasteiger partial charge on any atom is 0.262 e. The lowest BCUT2D eigenvalue weighted by Crippen LogP contribution is -2.40. The number of benzene rings is 1. The molecular formula is C14H16N2O4. The molecule has 1 aromatic carbocycles. The van der Waals surface area contributed by atoms with Gasteiger partial charge in [-0.2, -0.15) is 0 Å². The molecule has 0 spiro atoms. The molecule has 0 bridgehead atoms. The van der Waals surface area contributed by atoms with E-state index in [9.17, 15) is 14.7 Å². The quantitative estimate of drug-likeness (QED) is 0.788. The second-order valence-corrected chi connectivity index (χ2v) is 5.07. The summed E-state index contributed by atoms with van der Waals surface area (Å²) in [5.41, 5.74) is 1.13. The monoisotopic (exact) mass is 276 g/mol. The van der Waals surface area contributed by atoms with Gasteiger partial charge in [0.1, 0.15) is 5.75 Å². The lowest BCUT2D eigenvalue weighted by molar-refractivity contribution is -0.118. The molecule has 2 heterocycles. The van der Waals surface area contributed by atoms with Crippen molar-refractivity contribution in [3.8, 4) is 5.75 Å². The molecule has 3 rings (SSSR count). The molecule has 1 aromatic rings. The maximum atomic E-state index is 12.4. The van der Waals surface area contributed by atoms with Crippen molar-refractivity contribution in [1.29, 1.82) is 0 Å². The summed E-state index contributed by atoms with van der Waals surface area (Å²) in [7, 11) is 0. The Balaban J connectivity index is 1.77. The van der Waals surface area contributed by atoms with Crippen LogP contribution in [0.25, 0.3) is 0 Å². The van der Waals surface area contributed by atoms with Crippen molar-refractivity contribution in [1.82, 2.24) is 4.90 Å². The number of nitrogens with one attached hydrogen (secondary N) is 1. The molecule has 0 aromatic heterocycles. The van der Waals surface area contributed by atoms with Gasteiger partial charge < -0.3 is 20.1 Å². The van der Waals surface area contributed by atoms with Crippen LogP contribution in [-0.2, 0) is 4.79 Å². The van der Waals surface area contributed by atoms with Crippen LogP contribution >= 0.6 is 0 Å². The van der Waals surface area contributed by atoms with Crippen molar-refractivity contribution in [2.45, 2.75) is 18.9 Å². The third kappa shape index (κ3) is 2.46. The Hall–Kier alpha value is -2.08. The average Bonchev–Trinajstić information content (AvgIpc) is 2.47. The van der Waals surface area contributed by atoms with E-state index < -0.39 is 0 Å². The summed E-state index contributed by atoms with van der Waals surface area (Å²) in [6.45, 7) is 1.10. The van der Waals surface area contributed by atoms with Gasteiger partial charge in [-0.05, 0) is 31.0 Å². The number of ether oxygens (including phenoxy) is 1. The Kier molecular flexibility index (Phi) is 3.31. The van der Waals surface area contributed by atoms with E-state index in [0.717, 1.165) is 0 Å². The Morgan fingerprint density at radius 2 is 2.10 bits per heavy atom. The second kappa shape index (κ2) is 5.13. The first-order chi connectivity index (χ1) is 9.63. The van der Waals surface area contributed by atoms with E-state index in [4.69, 9.17) is 4.74 Å². The van der Waals surface area contributed by atoms with Crippen molar-refractivity contribution >= 4 is 17.5 Å². The van der Waals surface area contributed by atoms with Crippen molar-refractivity contribution in [2.75, 3.05) is 25.0 Å². The zero-order valence-corrected chi connectivity index (χ0v) is 11.0. The van der Waals surface area contributed by atoms with Crippen LogP contribution in [0.1, 0.15) is 23.2 Å². The molecule has 6 nitrogen and oxygen atoms in total. The van der Waals surface area contributed by atoms with Gasteiger partial charge in [-0.1, -0.05) is 0 Å². The molecule has 1 fully saturated rings. The summed E-state index contributed by atoms with van der Waals surface area (Å²) < 4.78 is 5.31. The molecule has 2 aliphatic heterocycles. The number of anilines is 1. The van der Waals surface area contributed by atoms with Gasteiger partial charge in [-0.15, -0.1) is 0 Å². The van der Waals surface area contributed by atoms with E-state index in [2.05, 4.69) is 5.32 Å². The van der Waals surface area contributed by atoms with Gasteiger partial charge in [0.2, 0.25) is 0 Å². The molecule has 2 aliphatic rings. The summed E-state index contributed by atoms with van der Waals surface area (Å²) >= 11 is 0. The number of hydrogen-bond acceptors (Lipinski definition) is 4. The van der Waals surface area contributed by atoms with Crippen LogP contribution in [-0.4, -0.2) is 47.6 Å². The predicted octanol–water partition coefficient (Wildman–Crippen LogP) is 0.614. The molecule has 2 N–H and O–H groups in total. The highest BCUT2D eigenvalue weighted by Gasteiger charge is 2.24. The van der Waals surface area contributed by atoms with Gasteiger partial charge in [-0.25, -0.2) is 0 Å². The summed E-state index contributed by atoms with van der Waals surface area (Å²) in [5, 5.41) is 12.2. The lowest BCUT2D eigenvalue weighted by atomic mass is 10.1. The normalized spacial score (nSPS) is 19.1. The van der Waals surface area contributed by atoms with Crippen LogP contribution in [0.4, 0.5) is 5.69 Å².